The molecule has 0 radical (unpaired) electrons. The van der Waals surface area contributed by atoms with Crippen LogP contribution < -0.4 is 5.73 Å². The molecule has 0 spiro atoms. The van der Waals surface area contributed by atoms with Crippen LogP contribution >= 0.6 is 0 Å². The number of rotatable bonds is 2. The highest BCUT2D eigenvalue weighted by Gasteiger charge is 2.37. The van der Waals surface area contributed by atoms with Gasteiger partial charge in [0.2, 0.25) is 0 Å². The Kier molecular flexibility index (Phi) is 2.71. The molecular formula is C9H10F3NO. The largest absolute Gasteiger partial charge is 0.464 e. The number of alkyl halides is 3. The molecule has 1 aromatic heterocycles. The second-order valence-corrected chi connectivity index (χ2v) is 2.95. The van der Waals surface area contributed by atoms with Gasteiger partial charge >= 0.3 is 6.18 Å². The summed E-state index contributed by atoms with van der Waals surface area (Å²) in [7, 11) is 0. The molecular weight excluding hydrogens is 195 g/mol. The maximum atomic E-state index is 12.2. The topological polar surface area (TPSA) is 39.2 Å². The van der Waals surface area contributed by atoms with Gasteiger partial charge in [0.25, 0.3) is 0 Å². The van der Waals surface area contributed by atoms with Crippen LogP contribution in [0.2, 0.25) is 0 Å². The first-order valence-electron chi connectivity index (χ1n) is 3.90. The molecule has 2 N–H and O–H groups in total. The van der Waals surface area contributed by atoms with Gasteiger partial charge in [0, 0.05) is 0 Å². The molecule has 0 fully saturated rings. The molecule has 0 saturated heterocycles. The zero-order chi connectivity index (χ0) is 10.9. The van der Waals surface area contributed by atoms with Gasteiger partial charge < -0.3 is 10.2 Å². The van der Waals surface area contributed by atoms with Crippen LogP contribution in [0.3, 0.4) is 0 Å². The summed E-state index contributed by atoms with van der Waals surface area (Å²) in [6.45, 7) is 4.53. The SMILES string of the molecule is C=C(C(N)c1ccc(C)o1)C(F)(F)F. The van der Waals surface area contributed by atoms with Crippen molar-refractivity contribution >= 4 is 0 Å². The van der Waals surface area contributed by atoms with Gasteiger partial charge in [-0.2, -0.15) is 13.2 Å². The molecule has 0 saturated carbocycles. The van der Waals surface area contributed by atoms with E-state index >= 15 is 0 Å². The standard InChI is InChI=1S/C9H10F3NO/c1-5-3-4-7(14-5)8(13)6(2)9(10,11)12/h3-4,8H,2,13H2,1H3. The number of furan rings is 1. The lowest BCUT2D eigenvalue weighted by atomic mass is 10.1. The smallest absolute Gasteiger partial charge is 0.414 e. The Morgan fingerprint density at radius 3 is 2.43 bits per heavy atom. The average molecular weight is 205 g/mol. The van der Waals surface area contributed by atoms with Crippen LogP contribution in [0, 0.1) is 6.92 Å². The van der Waals surface area contributed by atoms with Crippen molar-refractivity contribution in [3.8, 4) is 0 Å². The molecule has 1 heterocycles. The van der Waals surface area contributed by atoms with Crippen molar-refractivity contribution < 1.29 is 17.6 Å². The Labute approximate surface area is 79.2 Å². The molecule has 0 aliphatic carbocycles. The molecule has 1 rings (SSSR count). The molecule has 2 nitrogen and oxygen atoms in total. The van der Waals surface area contributed by atoms with Crippen LogP contribution in [0.4, 0.5) is 13.2 Å². The molecule has 0 bridgehead atoms. The monoisotopic (exact) mass is 205 g/mol. The molecule has 1 aromatic rings. The normalized spacial score (nSPS) is 14.1. The fraction of sp³-hybridized carbons (Fsp3) is 0.333. The third-order valence-electron chi connectivity index (χ3n) is 1.81. The minimum atomic E-state index is -4.49. The molecule has 0 aliphatic rings. The van der Waals surface area contributed by atoms with Gasteiger partial charge in [-0.1, -0.05) is 6.58 Å². The van der Waals surface area contributed by atoms with Gasteiger partial charge in [-0.05, 0) is 19.1 Å². The van der Waals surface area contributed by atoms with E-state index in [-0.39, 0.29) is 5.76 Å². The van der Waals surface area contributed by atoms with E-state index in [0.717, 1.165) is 0 Å². The van der Waals surface area contributed by atoms with Crippen molar-refractivity contribution in [2.24, 2.45) is 5.73 Å². The predicted molar refractivity (Wildman–Crippen MR) is 45.6 cm³/mol. The quantitative estimate of drug-likeness (QED) is 0.754. The first-order chi connectivity index (χ1) is 6.32. The van der Waals surface area contributed by atoms with E-state index in [1.54, 1.807) is 13.0 Å². The van der Waals surface area contributed by atoms with Crippen LogP contribution in [0.1, 0.15) is 17.6 Å². The second kappa shape index (κ2) is 3.49. The summed E-state index contributed by atoms with van der Waals surface area (Å²) in [6, 6.07) is 1.64. The first kappa shape index (κ1) is 10.8. The highest BCUT2D eigenvalue weighted by atomic mass is 19.4. The minimum Gasteiger partial charge on any atom is -0.464 e. The van der Waals surface area contributed by atoms with Crippen LogP contribution in [0.25, 0.3) is 0 Å². The summed E-state index contributed by atoms with van der Waals surface area (Å²) in [5.74, 6) is 0.593. The molecule has 0 amide bonds. The van der Waals surface area contributed by atoms with E-state index < -0.39 is 17.8 Å². The minimum absolute atomic E-state index is 0.0739. The fourth-order valence-electron chi connectivity index (χ4n) is 0.969. The molecule has 1 unspecified atom stereocenters. The molecule has 5 heteroatoms. The lowest BCUT2D eigenvalue weighted by molar-refractivity contribution is -0.0958. The van der Waals surface area contributed by atoms with Crippen molar-refractivity contribution in [3.05, 3.63) is 35.8 Å². The van der Waals surface area contributed by atoms with Gasteiger partial charge in [-0.25, -0.2) is 0 Å². The van der Waals surface area contributed by atoms with E-state index in [4.69, 9.17) is 10.2 Å². The predicted octanol–water partition coefficient (Wildman–Crippen LogP) is 2.71. The average Bonchev–Trinajstić information content (AvgIpc) is 2.47. The third kappa shape index (κ3) is 2.17. The Bertz CT molecular complexity index is 340. The Balaban J connectivity index is 2.86. The summed E-state index contributed by atoms with van der Waals surface area (Å²) < 4.78 is 41.5. The number of nitrogens with two attached hydrogens (primary N) is 1. The van der Waals surface area contributed by atoms with Gasteiger partial charge in [-0.3, -0.25) is 0 Å². The zero-order valence-electron chi connectivity index (χ0n) is 7.56. The van der Waals surface area contributed by atoms with E-state index in [1.807, 2.05) is 0 Å². The maximum Gasteiger partial charge on any atom is 0.414 e. The van der Waals surface area contributed by atoms with Crippen molar-refractivity contribution in [3.63, 3.8) is 0 Å². The van der Waals surface area contributed by atoms with E-state index in [0.29, 0.717) is 5.76 Å². The maximum absolute atomic E-state index is 12.2. The third-order valence-corrected chi connectivity index (χ3v) is 1.81. The van der Waals surface area contributed by atoms with E-state index in [2.05, 4.69) is 6.58 Å². The molecule has 78 valence electrons. The summed E-state index contributed by atoms with van der Waals surface area (Å²) >= 11 is 0. The lowest BCUT2D eigenvalue weighted by Gasteiger charge is -2.15. The van der Waals surface area contributed by atoms with Crippen molar-refractivity contribution in [1.82, 2.24) is 0 Å². The van der Waals surface area contributed by atoms with Crippen molar-refractivity contribution in [1.29, 1.82) is 0 Å². The lowest BCUT2D eigenvalue weighted by Crippen LogP contribution is -2.23. The highest BCUT2D eigenvalue weighted by molar-refractivity contribution is 5.22. The Hall–Kier alpha value is -1.23. The summed E-state index contributed by atoms with van der Waals surface area (Å²) in [4.78, 5) is 0. The second-order valence-electron chi connectivity index (χ2n) is 2.95. The highest BCUT2D eigenvalue weighted by Crippen LogP contribution is 2.33. The molecule has 0 aliphatic heterocycles. The van der Waals surface area contributed by atoms with Crippen LogP contribution in [-0.4, -0.2) is 6.18 Å². The van der Waals surface area contributed by atoms with E-state index in [9.17, 15) is 13.2 Å². The number of halogens is 3. The fourth-order valence-corrected chi connectivity index (χ4v) is 0.969. The Morgan fingerprint density at radius 1 is 1.50 bits per heavy atom. The molecule has 1 atom stereocenters. The molecule has 0 aromatic carbocycles. The van der Waals surface area contributed by atoms with E-state index in [1.165, 1.54) is 6.07 Å². The van der Waals surface area contributed by atoms with Crippen molar-refractivity contribution in [2.45, 2.75) is 19.1 Å². The summed E-state index contributed by atoms with van der Waals surface area (Å²) in [5, 5.41) is 0. The van der Waals surface area contributed by atoms with Crippen LogP contribution in [0.5, 0.6) is 0 Å². The summed E-state index contributed by atoms with van der Waals surface area (Å²) in [6.07, 6.45) is -4.49. The van der Waals surface area contributed by atoms with Gasteiger partial charge in [-0.15, -0.1) is 0 Å². The zero-order valence-corrected chi connectivity index (χ0v) is 7.56. The summed E-state index contributed by atoms with van der Waals surface area (Å²) in [5.41, 5.74) is 4.32. The number of aryl methyl sites for hydroxylation is 1. The number of hydrogen-bond acceptors (Lipinski definition) is 2. The Morgan fingerprint density at radius 2 is 2.07 bits per heavy atom. The van der Waals surface area contributed by atoms with Gasteiger partial charge in [0.05, 0.1) is 11.6 Å². The first-order valence-corrected chi connectivity index (χ1v) is 3.90. The van der Waals surface area contributed by atoms with Crippen LogP contribution in [0.15, 0.2) is 28.7 Å². The van der Waals surface area contributed by atoms with Gasteiger partial charge in [0.15, 0.2) is 0 Å². The van der Waals surface area contributed by atoms with Gasteiger partial charge in [0.1, 0.15) is 11.5 Å². The molecule has 14 heavy (non-hydrogen) atoms. The number of hydrogen-bond donors (Lipinski definition) is 1. The van der Waals surface area contributed by atoms with Crippen molar-refractivity contribution in [2.75, 3.05) is 0 Å². The van der Waals surface area contributed by atoms with Crippen LogP contribution in [-0.2, 0) is 0 Å².